The number of aryl methyl sites for hydroxylation is 1. The molecular formula is C18H18FNO4. The Morgan fingerprint density at radius 2 is 1.96 bits per heavy atom. The Kier molecular flexibility index (Phi) is 5.89. The molecule has 0 atom stereocenters. The van der Waals surface area contributed by atoms with Crippen LogP contribution in [0.1, 0.15) is 22.8 Å². The number of rotatable bonds is 6. The summed E-state index contributed by atoms with van der Waals surface area (Å²) in [5, 5.41) is 2.71. The molecule has 0 fully saturated rings. The van der Waals surface area contributed by atoms with Crippen LogP contribution in [0.4, 0.5) is 10.1 Å². The van der Waals surface area contributed by atoms with Crippen molar-refractivity contribution in [3.8, 4) is 5.75 Å². The van der Waals surface area contributed by atoms with Crippen LogP contribution in [0.3, 0.4) is 0 Å². The fourth-order valence-electron chi connectivity index (χ4n) is 2.03. The van der Waals surface area contributed by atoms with Crippen LogP contribution < -0.4 is 10.1 Å². The number of carbonyl (C=O) groups excluding carboxylic acids is 2. The topological polar surface area (TPSA) is 64.6 Å². The van der Waals surface area contributed by atoms with Crippen molar-refractivity contribution in [2.75, 3.05) is 18.5 Å². The number of nitrogens with one attached hydrogen (secondary N) is 1. The van der Waals surface area contributed by atoms with Crippen LogP contribution >= 0.6 is 0 Å². The number of halogens is 1. The number of benzene rings is 2. The van der Waals surface area contributed by atoms with Gasteiger partial charge in [-0.1, -0.05) is 6.07 Å². The van der Waals surface area contributed by atoms with E-state index in [9.17, 15) is 14.0 Å². The monoisotopic (exact) mass is 331 g/mol. The number of carbonyl (C=O) groups is 2. The molecule has 2 rings (SSSR count). The first-order valence-corrected chi connectivity index (χ1v) is 7.45. The molecule has 0 radical (unpaired) electrons. The van der Waals surface area contributed by atoms with Crippen molar-refractivity contribution < 1.29 is 23.5 Å². The van der Waals surface area contributed by atoms with Crippen LogP contribution in [-0.2, 0) is 9.53 Å². The third-order valence-corrected chi connectivity index (χ3v) is 3.19. The van der Waals surface area contributed by atoms with Crippen molar-refractivity contribution in [1.29, 1.82) is 0 Å². The second kappa shape index (κ2) is 8.10. The molecule has 6 heteroatoms. The Labute approximate surface area is 139 Å². The summed E-state index contributed by atoms with van der Waals surface area (Å²) in [6, 6.07) is 10.5. The zero-order valence-corrected chi connectivity index (χ0v) is 13.5. The number of hydrogen-bond acceptors (Lipinski definition) is 4. The van der Waals surface area contributed by atoms with Crippen molar-refractivity contribution in [3.05, 3.63) is 59.4 Å². The van der Waals surface area contributed by atoms with Gasteiger partial charge in [-0.2, -0.15) is 0 Å². The summed E-state index contributed by atoms with van der Waals surface area (Å²) in [6.07, 6.45) is 0. The molecule has 0 aliphatic heterocycles. The van der Waals surface area contributed by atoms with Crippen LogP contribution in [0.25, 0.3) is 0 Å². The van der Waals surface area contributed by atoms with E-state index >= 15 is 0 Å². The minimum atomic E-state index is -0.478. The van der Waals surface area contributed by atoms with Gasteiger partial charge in [0.05, 0.1) is 6.61 Å². The standard InChI is InChI=1S/C18H18FNO4/c1-3-23-17(21)11-24-15-6-4-5-13(10-15)18(22)20-16-8-7-14(19)9-12(16)2/h4-10H,3,11H2,1-2H3,(H,20,22). The zero-order chi connectivity index (χ0) is 17.5. The molecule has 1 N–H and O–H groups in total. The van der Waals surface area contributed by atoms with Gasteiger partial charge in [0.2, 0.25) is 0 Å². The van der Waals surface area contributed by atoms with Gasteiger partial charge in [-0.3, -0.25) is 4.79 Å². The van der Waals surface area contributed by atoms with E-state index in [2.05, 4.69) is 5.32 Å². The van der Waals surface area contributed by atoms with E-state index in [4.69, 9.17) is 9.47 Å². The lowest BCUT2D eigenvalue weighted by Crippen LogP contribution is -2.15. The summed E-state index contributed by atoms with van der Waals surface area (Å²) in [5.41, 5.74) is 1.51. The van der Waals surface area contributed by atoms with Gasteiger partial charge in [0.25, 0.3) is 5.91 Å². The number of hydrogen-bond donors (Lipinski definition) is 1. The Morgan fingerprint density at radius 1 is 1.17 bits per heavy atom. The molecule has 0 heterocycles. The van der Waals surface area contributed by atoms with Crippen molar-refractivity contribution in [1.82, 2.24) is 0 Å². The highest BCUT2D eigenvalue weighted by Crippen LogP contribution is 2.18. The number of ether oxygens (including phenoxy) is 2. The number of esters is 1. The molecule has 0 bridgehead atoms. The smallest absolute Gasteiger partial charge is 0.344 e. The van der Waals surface area contributed by atoms with Gasteiger partial charge in [-0.05, 0) is 55.8 Å². The van der Waals surface area contributed by atoms with E-state index in [0.717, 1.165) is 0 Å². The van der Waals surface area contributed by atoms with Gasteiger partial charge in [0.1, 0.15) is 11.6 Å². The van der Waals surface area contributed by atoms with Gasteiger partial charge in [-0.25, -0.2) is 9.18 Å². The summed E-state index contributed by atoms with van der Waals surface area (Å²) in [6.45, 7) is 3.47. The molecule has 0 aliphatic rings. The lowest BCUT2D eigenvalue weighted by atomic mass is 10.1. The normalized spacial score (nSPS) is 10.1. The minimum Gasteiger partial charge on any atom is -0.482 e. The first kappa shape index (κ1) is 17.5. The van der Waals surface area contributed by atoms with Crippen molar-refractivity contribution in [2.45, 2.75) is 13.8 Å². The van der Waals surface area contributed by atoms with Gasteiger partial charge in [0, 0.05) is 11.3 Å². The summed E-state index contributed by atoms with van der Waals surface area (Å²) in [7, 11) is 0. The van der Waals surface area contributed by atoms with Crippen LogP contribution in [0, 0.1) is 12.7 Å². The number of anilines is 1. The zero-order valence-electron chi connectivity index (χ0n) is 13.5. The average molecular weight is 331 g/mol. The van der Waals surface area contributed by atoms with E-state index < -0.39 is 5.97 Å². The summed E-state index contributed by atoms with van der Waals surface area (Å²) in [4.78, 5) is 23.6. The van der Waals surface area contributed by atoms with Crippen LogP contribution in [0.5, 0.6) is 5.75 Å². The maximum Gasteiger partial charge on any atom is 0.344 e. The molecule has 0 spiro atoms. The quantitative estimate of drug-likeness (QED) is 0.825. The molecular weight excluding hydrogens is 313 g/mol. The Hall–Kier alpha value is -2.89. The highest BCUT2D eigenvalue weighted by atomic mass is 19.1. The van der Waals surface area contributed by atoms with E-state index in [-0.39, 0.29) is 24.9 Å². The van der Waals surface area contributed by atoms with E-state index in [1.165, 1.54) is 24.3 Å². The largest absolute Gasteiger partial charge is 0.482 e. The van der Waals surface area contributed by atoms with Crippen LogP contribution in [-0.4, -0.2) is 25.1 Å². The van der Waals surface area contributed by atoms with Gasteiger partial charge >= 0.3 is 5.97 Å². The van der Waals surface area contributed by atoms with E-state index in [0.29, 0.717) is 22.6 Å². The van der Waals surface area contributed by atoms with E-state index in [1.54, 1.807) is 32.0 Å². The molecule has 1 amide bonds. The second-order valence-electron chi connectivity index (χ2n) is 5.03. The molecule has 0 aliphatic carbocycles. The third-order valence-electron chi connectivity index (χ3n) is 3.19. The maximum atomic E-state index is 13.1. The molecule has 0 unspecified atom stereocenters. The van der Waals surface area contributed by atoms with Gasteiger partial charge < -0.3 is 14.8 Å². The molecule has 5 nitrogen and oxygen atoms in total. The van der Waals surface area contributed by atoms with Crippen LogP contribution in [0.15, 0.2) is 42.5 Å². The molecule has 24 heavy (non-hydrogen) atoms. The summed E-state index contributed by atoms with van der Waals surface area (Å²) in [5.74, 6) is -0.813. The predicted molar refractivity (Wildman–Crippen MR) is 87.7 cm³/mol. The molecule has 0 saturated heterocycles. The fraction of sp³-hybridized carbons (Fsp3) is 0.222. The maximum absolute atomic E-state index is 13.1. The van der Waals surface area contributed by atoms with Crippen molar-refractivity contribution in [2.24, 2.45) is 0 Å². The molecule has 0 saturated carbocycles. The Balaban J connectivity index is 2.04. The van der Waals surface area contributed by atoms with Crippen molar-refractivity contribution in [3.63, 3.8) is 0 Å². The molecule has 0 aromatic heterocycles. The number of amides is 1. The summed E-state index contributed by atoms with van der Waals surface area (Å²) < 4.78 is 23.2. The Bertz CT molecular complexity index is 746. The SMILES string of the molecule is CCOC(=O)COc1cccc(C(=O)Nc2ccc(F)cc2C)c1. The average Bonchev–Trinajstić information content (AvgIpc) is 2.56. The molecule has 2 aromatic rings. The third kappa shape index (κ3) is 4.81. The predicted octanol–water partition coefficient (Wildman–Crippen LogP) is 3.33. The molecule has 126 valence electrons. The van der Waals surface area contributed by atoms with Crippen molar-refractivity contribution >= 4 is 17.6 Å². The highest BCUT2D eigenvalue weighted by Gasteiger charge is 2.10. The Morgan fingerprint density at radius 3 is 2.67 bits per heavy atom. The lowest BCUT2D eigenvalue weighted by molar-refractivity contribution is -0.145. The molecule has 2 aromatic carbocycles. The highest BCUT2D eigenvalue weighted by molar-refractivity contribution is 6.04. The first-order valence-electron chi connectivity index (χ1n) is 7.45. The second-order valence-corrected chi connectivity index (χ2v) is 5.03. The van der Waals surface area contributed by atoms with Crippen LogP contribution in [0.2, 0.25) is 0 Å². The fourth-order valence-corrected chi connectivity index (χ4v) is 2.03. The van der Waals surface area contributed by atoms with Gasteiger partial charge in [-0.15, -0.1) is 0 Å². The lowest BCUT2D eigenvalue weighted by Gasteiger charge is -2.10. The minimum absolute atomic E-state index is 0.226. The van der Waals surface area contributed by atoms with Gasteiger partial charge in [0.15, 0.2) is 6.61 Å². The summed E-state index contributed by atoms with van der Waals surface area (Å²) >= 11 is 0. The first-order chi connectivity index (χ1) is 11.5. The van der Waals surface area contributed by atoms with E-state index in [1.807, 2.05) is 0 Å².